The highest BCUT2D eigenvalue weighted by Gasteiger charge is 2.40. The predicted molar refractivity (Wildman–Crippen MR) is 111 cm³/mol. The van der Waals surface area contributed by atoms with E-state index in [1.807, 2.05) is 0 Å². The van der Waals surface area contributed by atoms with Gasteiger partial charge in [-0.05, 0) is 75.6 Å². The highest BCUT2D eigenvalue weighted by molar-refractivity contribution is 7.89. The summed E-state index contributed by atoms with van der Waals surface area (Å²) in [6.07, 6.45) is 5.78. The first kappa shape index (κ1) is 21.3. The first-order valence-corrected chi connectivity index (χ1v) is 12.4. The Morgan fingerprint density at radius 3 is 2.20 bits per heavy atom. The average molecular weight is 435 g/mol. The number of sulfonamides is 1. The van der Waals surface area contributed by atoms with Crippen LogP contribution in [-0.2, 0) is 19.6 Å². The van der Waals surface area contributed by atoms with Gasteiger partial charge in [0.25, 0.3) is 0 Å². The molecule has 2 saturated carbocycles. The number of rotatable bonds is 8. The van der Waals surface area contributed by atoms with E-state index in [2.05, 4.69) is 4.90 Å². The lowest BCUT2D eigenvalue weighted by Gasteiger charge is -2.34. The van der Waals surface area contributed by atoms with Crippen LogP contribution in [0.3, 0.4) is 0 Å². The molecule has 0 atom stereocenters. The fourth-order valence-corrected chi connectivity index (χ4v) is 5.56. The number of esters is 1. The molecule has 2 aliphatic carbocycles. The Labute approximate surface area is 178 Å². The van der Waals surface area contributed by atoms with Crippen molar-refractivity contribution in [1.29, 1.82) is 0 Å². The summed E-state index contributed by atoms with van der Waals surface area (Å²) in [7, 11) is -3.64. The molecule has 1 amide bonds. The number of amides is 1. The van der Waals surface area contributed by atoms with E-state index < -0.39 is 16.0 Å². The van der Waals surface area contributed by atoms with Gasteiger partial charge in [-0.2, -0.15) is 4.31 Å². The number of benzene rings is 1. The van der Waals surface area contributed by atoms with Crippen molar-refractivity contribution in [1.82, 2.24) is 9.21 Å². The van der Waals surface area contributed by atoms with Gasteiger partial charge in [0.2, 0.25) is 15.9 Å². The summed E-state index contributed by atoms with van der Waals surface area (Å²) in [5.41, 5.74) is 0.330. The van der Waals surface area contributed by atoms with Gasteiger partial charge < -0.3 is 9.64 Å². The number of hydrogen-bond acceptors (Lipinski definition) is 5. The van der Waals surface area contributed by atoms with Crippen molar-refractivity contribution in [3.63, 3.8) is 0 Å². The molecule has 1 aromatic rings. The number of hydrogen-bond donors (Lipinski definition) is 0. The van der Waals surface area contributed by atoms with Gasteiger partial charge in [-0.25, -0.2) is 13.2 Å². The lowest BCUT2D eigenvalue weighted by Crippen LogP contribution is -2.45. The van der Waals surface area contributed by atoms with Gasteiger partial charge in [0.15, 0.2) is 0 Å². The number of carbonyl (C=O) groups excluding carboxylic acids is 2. The Hall–Kier alpha value is -1.93. The van der Waals surface area contributed by atoms with Gasteiger partial charge in [-0.3, -0.25) is 4.79 Å². The second kappa shape index (κ2) is 8.67. The van der Waals surface area contributed by atoms with Crippen molar-refractivity contribution in [3.8, 4) is 0 Å². The summed E-state index contributed by atoms with van der Waals surface area (Å²) in [6, 6.07) is 6.27. The molecular weight excluding hydrogens is 404 g/mol. The Kier molecular flexibility index (Phi) is 6.16. The molecule has 0 N–H and O–H groups in total. The Balaban J connectivity index is 1.36. The molecule has 8 heteroatoms. The molecule has 0 bridgehead atoms. The molecule has 1 heterocycles. The van der Waals surface area contributed by atoms with E-state index in [1.54, 1.807) is 6.92 Å². The van der Waals surface area contributed by atoms with Crippen LogP contribution in [0, 0.1) is 11.8 Å². The van der Waals surface area contributed by atoms with Crippen molar-refractivity contribution >= 4 is 21.9 Å². The van der Waals surface area contributed by atoms with Crippen LogP contribution in [0.5, 0.6) is 0 Å². The minimum absolute atomic E-state index is 0.0815. The molecule has 4 rings (SSSR count). The van der Waals surface area contributed by atoms with Crippen molar-refractivity contribution in [2.45, 2.75) is 56.4 Å². The third-order valence-corrected chi connectivity index (χ3v) is 8.14. The van der Waals surface area contributed by atoms with Crippen molar-refractivity contribution in [2.24, 2.45) is 11.8 Å². The average Bonchev–Trinajstić information content (AvgIpc) is 3.66. The van der Waals surface area contributed by atoms with E-state index in [1.165, 1.54) is 41.4 Å². The largest absolute Gasteiger partial charge is 0.462 e. The van der Waals surface area contributed by atoms with Crippen molar-refractivity contribution in [2.75, 3.05) is 26.2 Å². The Morgan fingerprint density at radius 1 is 1.03 bits per heavy atom. The molecule has 7 nitrogen and oxygen atoms in total. The van der Waals surface area contributed by atoms with Crippen LogP contribution in [0.2, 0.25) is 0 Å². The van der Waals surface area contributed by atoms with E-state index >= 15 is 0 Å². The molecular formula is C22H30N2O5S. The fraction of sp³-hybridized carbons (Fsp3) is 0.636. The van der Waals surface area contributed by atoms with Gasteiger partial charge in [0.1, 0.15) is 0 Å². The molecule has 1 aromatic carbocycles. The minimum Gasteiger partial charge on any atom is -0.462 e. The Bertz CT molecular complexity index is 883. The maximum atomic E-state index is 13.0. The smallest absolute Gasteiger partial charge is 0.338 e. The highest BCUT2D eigenvalue weighted by Crippen LogP contribution is 2.37. The number of carbonyl (C=O) groups is 2. The molecule has 3 fully saturated rings. The van der Waals surface area contributed by atoms with Crippen molar-refractivity contribution < 1.29 is 22.7 Å². The second-order valence-electron chi connectivity index (χ2n) is 8.59. The topological polar surface area (TPSA) is 84.0 Å². The summed E-state index contributed by atoms with van der Waals surface area (Å²) >= 11 is 0. The zero-order valence-electron chi connectivity index (χ0n) is 17.5. The van der Waals surface area contributed by atoms with E-state index in [0.29, 0.717) is 43.5 Å². The standard InChI is InChI=1S/C22H30N2O5S/c1-2-29-22(26)18-5-9-20(10-6-18)30(27,28)23-13-11-17(12-14-23)21(25)24(19-7-8-19)15-16-3-4-16/h5-6,9-10,16-17,19H,2-4,7-8,11-15H2,1H3. The van der Waals surface area contributed by atoms with Gasteiger partial charge in [0.05, 0.1) is 17.1 Å². The molecule has 164 valence electrons. The number of ether oxygens (including phenoxy) is 1. The van der Waals surface area contributed by atoms with E-state index in [0.717, 1.165) is 19.4 Å². The van der Waals surface area contributed by atoms with Gasteiger partial charge in [0, 0.05) is 31.6 Å². The van der Waals surface area contributed by atoms with Crippen LogP contribution in [0.15, 0.2) is 29.2 Å². The van der Waals surface area contributed by atoms with Gasteiger partial charge in [-0.15, -0.1) is 0 Å². The third kappa shape index (κ3) is 4.70. The summed E-state index contributed by atoms with van der Waals surface area (Å²) in [4.78, 5) is 27.1. The SMILES string of the molecule is CCOC(=O)c1ccc(S(=O)(=O)N2CCC(C(=O)N(CC3CC3)C3CC3)CC2)cc1. The van der Waals surface area contributed by atoms with E-state index in [-0.39, 0.29) is 23.3 Å². The summed E-state index contributed by atoms with van der Waals surface area (Å²) < 4.78 is 32.4. The molecule has 1 aliphatic heterocycles. The minimum atomic E-state index is -3.64. The maximum absolute atomic E-state index is 13.0. The first-order chi connectivity index (χ1) is 14.4. The number of piperidine rings is 1. The Morgan fingerprint density at radius 2 is 1.67 bits per heavy atom. The van der Waals surface area contributed by atoms with Crippen molar-refractivity contribution in [3.05, 3.63) is 29.8 Å². The quantitative estimate of drug-likeness (QED) is 0.588. The molecule has 0 unspecified atom stereocenters. The van der Waals surface area contributed by atoms with Crippen LogP contribution in [0.1, 0.15) is 55.8 Å². The third-order valence-electron chi connectivity index (χ3n) is 6.23. The normalized spacial score (nSPS) is 20.7. The molecule has 3 aliphatic rings. The molecule has 0 spiro atoms. The van der Waals surface area contributed by atoms with Crippen LogP contribution in [0.25, 0.3) is 0 Å². The predicted octanol–water partition coefficient (Wildman–Crippen LogP) is 2.67. The second-order valence-corrected chi connectivity index (χ2v) is 10.5. The zero-order valence-corrected chi connectivity index (χ0v) is 18.3. The van der Waals surface area contributed by atoms with Crippen LogP contribution < -0.4 is 0 Å². The first-order valence-electron chi connectivity index (χ1n) is 11.0. The lowest BCUT2D eigenvalue weighted by atomic mass is 9.96. The molecule has 30 heavy (non-hydrogen) atoms. The lowest BCUT2D eigenvalue weighted by molar-refractivity contribution is -0.137. The zero-order chi connectivity index (χ0) is 21.3. The van der Waals surface area contributed by atoms with Gasteiger partial charge in [-0.1, -0.05) is 0 Å². The molecule has 0 aromatic heterocycles. The van der Waals surface area contributed by atoms with E-state index in [9.17, 15) is 18.0 Å². The highest BCUT2D eigenvalue weighted by atomic mass is 32.2. The summed E-state index contributed by atoms with van der Waals surface area (Å²) in [5, 5.41) is 0. The van der Waals surface area contributed by atoms with Gasteiger partial charge >= 0.3 is 5.97 Å². The fourth-order valence-electron chi connectivity index (χ4n) is 4.09. The number of nitrogens with zero attached hydrogens (tertiary/aromatic N) is 2. The maximum Gasteiger partial charge on any atom is 0.338 e. The van der Waals surface area contributed by atoms with E-state index in [4.69, 9.17) is 4.74 Å². The monoisotopic (exact) mass is 434 g/mol. The van der Waals surface area contributed by atoms with Crippen LogP contribution in [-0.4, -0.2) is 61.8 Å². The van der Waals surface area contributed by atoms with Crippen LogP contribution >= 0.6 is 0 Å². The molecule has 1 saturated heterocycles. The van der Waals surface area contributed by atoms with Crippen LogP contribution in [0.4, 0.5) is 0 Å². The summed E-state index contributed by atoms with van der Waals surface area (Å²) in [6.45, 7) is 3.57. The summed E-state index contributed by atoms with van der Waals surface area (Å²) in [5.74, 6) is 0.349. The molecule has 0 radical (unpaired) electrons.